The predicted molar refractivity (Wildman–Crippen MR) is 297 cm³/mol. The molecule has 6 aromatic rings. The number of allylic oxidation sites excluding steroid dienone is 2. The molecule has 1 aliphatic heterocycles. The number of carbonyl (C=O) groups is 3. The Morgan fingerprint density at radius 3 is 2.17 bits per heavy atom. The largest absolute Gasteiger partial charge is 0.496 e. The van der Waals surface area contributed by atoms with E-state index in [1.807, 2.05) is 86.0 Å². The topological polar surface area (TPSA) is 221 Å². The number of carbonyl (C=O) groups excluding carboxylic acids is 3. The minimum absolute atomic E-state index is 0.0342. The number of pyridine rings is 2. The fraction of sp³-hybridized carbons (Fsp3) is 0.400. The first kappa shape index (κ1) is 56.8. The number of likely N-dealkylation sites (N-methyl/N-ethyl adjacent to an activating group) is 1. The highest BCUT2D eigenvalue weighted by Gasteiger charge is 2.33. The van der Waals surface area contributed by atoms with Crippen molar-refractivity contribution < 1.29 is 38.1 Å². The van der Waals surface area contributed by atoms with Crippen LogP contribution in [0.2, 0.25) is 5.02 Å². The van der Waals surface area contributed by atoms with E-state index in [0.717, 1.165) is 39.6 Å². The number of hydrogen-bond acceptors (Lipinski definition) is 16. The zero-order chi connectivity index (χ0) is 54.3. The minimum Gasteiger partial charge on any atom is -0.496 e. The normalized spacial score (nSPS) is 13.6. The molecule has 0 fully saturated rings. The molecule has 5 heterocycles. The molecule has 76 heavy (non-hydrogen) atoms. The lowest BCUT2D eigenvalue weighted by Gasteiger charge is -2.31. The van der Waals surface area contributed by atoms with Crippen LogP contribution in [0, 0.1) is 26.2 Å². The number of ether oxygens (including phenoxy) is 5. The van der Waals surface area contributed by atoms with Gasteiger partial charge in [0.1, 0.15) is 22.6 Å². The predicted octanol–water partition coefficient (Wildman–Crippen LogP) is 7.74. The maximum atomic E-state index is 13.3. The first-order valence-corrected chi connectivity index (χ1v) is 26.2. The molecule has 0 saturated carbocycles. The summed E-state index contributed by atoms with van der Waals surface area (Å²) in [6, 6.07) is 15.8. The van der Waals surface area contributed by atoms with Gasteiger partial charge in [0.25, 0.3) is 0 Å². The Balaban J connectivity index is 0.790. The summed E-state index contributed by atoms with van der Waals surface area (Å²) in [6.07, 6.45) is 6.02. The Labute approximate surface area is 452 Å². The Kier molecular flexibility index (Phi) is 20.3. The van der Waals surface area contributed by atoms with Gasteiger partial charge in [-0.2, -0.15) is 0 Å². The van der Waals surface area contributed by atoms with Gasteiger partial charge in [0.05, 0.1) is 113 Å². The van der Waals surface area contributed by atoms with Crippen molar-refractivity contribution in [1.82, 2.24) is 35.4 Å². The highest BCUT2D eigenvalue weighted by atomic mass is 35.5. The molecule has 1 aliphatic rings. The molecule has 21 heteroatoms. The number of benzene rings is 2. The van der Waals surface area contributed by atoms with E-state index >= 15 is 0 Å². The monoisotopic (exact) mass is 1080 g/mol. The van der Waals surface area contributed by atoms with E-state index < -0.39 is 12.1 Å². The Bertz CT molecular complexity index is 3050. The van der Waals surface area contributed by atoms with Gasteiger partial charge in [0, 0.05) is 69.6 Å². The number of fused-ring (bicyclic) bond motifs is 4. The van der Waals surface area contributed by atoms with Gasteiger partial charge in [-0.3, -0.25) is 33.9 Å². The number of methoxy groups -OCH3 is 1. The second-order valence-electron chi connectivity index (χ2n) is 17.9. The number of halogens is 1. The molecule has 7 rings (SSSR count). The summed E-state index contributed by atoms with van der Waals surface area (Å²) in [4.78, 5) is 58.4. The molecular weight excluding hydrogens is 1010 g/mol. The third kappa shape index (κ3) is 13.7. The smallest absolute Gasteiger partial charge is 0.239 e. The molecule has 0 saturated heterocycles. The molecule has 2 unspecified atom stereocenters. The maximum Gasteiger partial charge on any atom is 0.239 e. The highest BCUT2D eigenvalue weighted by Crippen LogP contribution is 2.43. The van der Waals surface area contributed by atoms with Crippen molar-refractivity contribution in [3.63, 3.8) is 0 Å². The SMILES string of the molecule is C/C=C(\C(C)=N)c1cc2ncc(N(C)CC(=O)NCCOCCOCCOCCOCCNC(=O)CC3N=C(c4ccc(Cl)cc4)c4c(sc(C)c4C)-n4c(C)nnc43)c(N(C=O)C(C)c3ccccn3)c2cc1OC. The van der Waals surface area contributed by atoms with Crippen molar-refractivity contribution in [3.05, 3.63) is 123 Å². The van der Waals surface area contributed by atoms with E-state index in [4.69, 9.17) is 50.7 Å². The number of aliphatic imine (C=N–C) groups is 1. The van der Waals surface area contributed by atoms with Crippen LogP contribution in [0.1, 0.15) is 83.7 Å². The summed E-state index contributed by atoms with van der Waals surface area (Å²) < 4.78 is 30.5. The van der Waals surface area contributed by atoms with Gasteiger partial charge in [0.15, 0.2) is 5.82 Å². The van der Waals surface area contributed by atoms with E-state index in [9.17, 15) is 14.4 Å². The van der Waals surface area contributed by atoms with Gasteiger partial charge < -0.3 is 49.5 Å². The maximum absolute atomic E-state index is 13.3. The van der Waals surface area contributed by atoms with Crippen LogP contribution in [-0.2, 0) is 33.3 Å². The highest BCUT2D eigenvalue weighted by molar-refractivity contribution is 7.15. The van der Waals surface area contributed by atoms with Crippen molar-refractivity contribution in [3.8, 4) is 10.8 Å². The number of rotatable bonds is 28. The van der Waals surface area contributed by atoms with Crippen molar-refractivity contribution in [2.45, 2.75) is 60.0 Å². The number of hydrogen-bond donors (Lipinski definition) is 3. The van der Waals surface area contributed by atoms with Crippen LogP contribution >= 0.6 is 22.9 Å². The van der Waals surface area contributed by atoms with E-state index in [-0.39, 0.29) is 37.9 Å². The Morgan fingerprint density at radius 1 is 0.908 bits per heavy atom. The summed E-state index contributed by atoms with van der Waals surface area (Å²) in [7, 11) is 3.33. The lowest BCUT2D eigenvalue weighted by molar-refractivity contribution is -0.122. The Hall–Kier alpha value is -6.94. The number of aromatic nitrogens is 5. The molecule has 3 amide bonds. The second-order valence-corrected chi connectivity index (χ2v) is 19.6. The van der Waals surface area contributed by atoms with E-state index in [1.165, 1.54) is 4.88 Å². The van der Waals surface area contributed by atoms with Gasteiger partial charge in [0.2, 0.25) is 18.2 Å². The van der Waals surface area contributed by atoms with Crippen LogP contribution in [0.5, 0.6) is 5.75 Å². The van der Waals surface area contributed by atoms with Crippen LogP contribution in [0.4, 0.5) is 11.4 Å². The number of nitrogens with zero attached hydrogens (tertiary/aromatic N) is 8. The molecule has 2 aromatic carbocycles. The lowest BCUT2D eigenvalue weighted by atomic mass is 9.97. The summed E-state index contributed by atoms with van der Waals surface area (Å²) in [5, 5.41) is 25.3. The third-order valence-electron chi connectivity index (χ3n) is 12.8. The molecule has 3 N–H and O–H groups in total. The molecule has 2 atom stereocenters. The van der Waals surface area contributed by atoms with Crippen LogP contribution in [0.15, 0.2) is 78.1 Å². The molecule has 0 spiro atoms. The van der Waals surface area contributed by atoms with Gasteiger partial charge in [-0.05, 0) is 83.5 Å². The fourth-order valence-electron chi connectivity index (χ4n) is 8.83. The van der Waals surface area contributed by atoms with E-state index in [1.54, 1.807) is 54.6 Å². The van der Waals surface area contributed by atoms with E-state index in [0.29, 0.717) is 114 Å². The molecule has 0 aliphatic carbocycles. The number of thiophene rings is 1. The standard InChI is InChI=1S/C55H66ClN11O8S/c1-9-41(35(3)57)42-28-45-43(29-48(42)71-8)53(66(33-68)36(4)44-12-10-11-17-58-44)47(31-61-45)65(7)32-50(70)60-19-21-73-23-25-75-27-26-74-24-22-72-20-18-59-49(69)30-46-54-64-63-38(6)67(54)55-51(34(2)37(5)76-55)52(62-46)39-13-15-40(56)16-14-39/h9-17,28-29,31,33,36,46,57H,18-27,30,32H2,1-8H3,(H,59,69)(H,60,70)/b41-9+,57-35?. The van der Waals surface area contributed by atoms with Gasteiger partial charge in [-0.1, -0.05) is 35.9 Å². The van der Waals surface area contributed by atoms with Crippen molar-refractivity contribution >= 4 is 80.4 Å². The fourth-order valence-corrected chi connectivity index (χ4v) is 10.2. The summed E-state index contributed by atoms with van der Waals surface area (Å²) in [5.41, 5.74) is 7.93. The molecule has 0 radical (unpaired) electrons. The van der Waals surface area contributed by atoms with Crippen molar-refractivity contribution in [1.29, 1.82) is 5.41 Å². The molecule has 0 bridgehead atoms. The molecule has 19 nitrogen and oxygen atoms in total. The average Bonchev–Trinajstić information content (AvgIpc) is 3.93. The number of nitrogens with one attached hydrogen (secondary N) is 3. The van der Waals surface area contributed by atoms with Gasteiger partial charge in [-0.25, -0.2) is 0 Å². The quantitative estimate of drug-likeness (QED) is 0.0243. The van der Waals surface area contributed by atoms with Gasteiger partial charge >= 0.3 is 0 Å². The van der Waals surface area contributed by atoms with Gasteiger partial charge in [-0.15, -0.1) is 21.5 Å². The Morgan fingerprint density at radius 2 is 1.57 bits per heavy atom. The summed E-state index contributed by atoms with van der Waals surface area (Å²) in [6.45, 7) is 14.8. The summed E-state index contributed by atoms with van der Waals surface area (Å²) >= 11 is 7.90. The zero-order valence-electron chi connectivity index (χ0n) is 44.3. The van der Waals surface area contributed by atoms with Crippen LogP contribution in [0.3, 0.4) is 0 Å². The molecule has 4 aromatic heterocycles. The minimum atomic E-state index is -0.562. The van der Waals surface area contributed by atoms with E-state index in [2.05, 4.69) is 39.7 Å². The van der Waals surface area contributed by atoms with Crippen molar-refractivity contribution in [2.75, 3.05) is 96.4 Å². The molecular formula is C55H66ClN11O8S. The third-order valence-corrected chi connectivity index (χ3v) is 14.3. The first-order valence-electron chi connectivity index (χ1n) is 25.1. The zero-order valence-corrected chi connectivity index (χ0v) is 45.8. The number of anilines is 2. The van der Waals surface area contributed by atoms with Crippen molar-refractivity contribution in [2.24, 2.45) is 4.99 Å². The second kappa shape index (κ2) is 27.2. The average molecular weight is 1080 g/mol. The summed E-state index contributed by atoms with van der Waals surface area (Å²) in [5.74, 6) is 1.43. The van der Waals surface area contributed by atoms with Crippen LogP contribution < -0.4 is 25.2 Å². The number of aryl methyl sites for hydroxylation is 2. The molecule has 402 valence electrons. The first-order chi connectivity index (χ1) is 36.8. The van der Waals surface area contributed by atoms with Crippen LogP contribution in [-0.4, -0.2) is 141 Å². The number of amides is 3. The van der Waals surface area contributed by atoms with Crippen LogP contribution in [0.25, 0.3) is 21.5 Å². The lowest BCUT2D eigenvalue weighted by Crippen LogP contribution is -2.38.